The molecule has 0 bridgehead atoms. The number of nitrogens with zero attached hydrogens (tertiary/aromatic N) is 2. The molecule has 3 rings (SSSR count). The number of carbonyl (C=O) groups is 1. The normalized spacial score (nSPS) is 11.5. The van der Waals surface area contributed by atoms with Crippen LogP contribution in [0.25, 0.3) is 11.3 Å². The summed E-state index contributed by atoms with van der Waals surface area (Å²) in [6, 6.07) is 8.87. The van der Waals surface area contributed by atoms with Crippen LogP contribution in [0.4, 0.5) is 5.82 Å². The van der Waals surface area contributed by atoms with Crippen LogP contribution in [0.5, 0.6) is 0 Å². The van der Waals surface area contributed by atoms with Crippen LogP contribution < -0.4 is 10.9 Å². The number of hydrogen-bond donors (Lipinski definition) is 2. The highest BCUT2D eigenvalue weighted by atomic mass is 35.5. The highest BCUT2D eigenvalue weighted by molar-refractivity contribution is 7.16. The fourth-order valence-corrected chi connectivity index (χ4v) is 3.39. The largest absolute Gasteiger partial charge is 0.365 e. The quantitative estimate of drug-likeness (QED) is 0.697. The lowest BCUT2D eigenvalue weighted by Gasteiger charge is -2.18. The van der Waals surface area contributed by atoms with Crippen molar-refractivity contribution in [3.63, 3.8) is 0 Å². The molecular formula is C18H19ClN4O2S. The van der Waals surface area contributed by atoms with Gasteiger partial charge in [-0.15, -0.1) is 11.3 Å². The van der Waals surface area contributed by atoms with Gasteiger partial charge in [0.05, 0.1) is 16.4 Å². The van der Waals surface area contributed by atoms with E-state index in [1.165, 1.54) is 16.0 Å². The van der Waals surface area contributed by atoms with E-state index in [9.17, 15) is 9.59 Å². The molecule has 3 heterocycles. The predicted molar refractivity (Wildman–Crippen MR) is 105 cm³/mol. The Morgan fingerprint density at radius 3 is 2.73 bits per heavy atom. The predicted octanol–water partition coefficient (Wildman–Crippen LogP) is 4.25. The Bertz CT molecular complexity index is 997. The van der Waals surface area contributed by atoms with Crippen LogP contribution in [0.15, 0.2) is 41.3 Å². The van der Waals surface area contributed by atoms with Gasteiger partial charge in [0.2, 0.25) is 0 Å². The summed E-state index contributed by atoms with van der Waals surface area (Å²) in [4.78, 5) is 28.5. The zero-order valence-electron chi connectivity index (χ0n) is 14.7. The van der Waals surface area contributed by atoms with Gasteiger partial charge < -0.3 is 10.3 Å². The Morgan fingerprint density at radius 1 is 1.35 bits per heavy atom. The van der Waals surface area contributed by atoms with Crippen molar-refractivity contribution >= 4 is 34.7 Å². The summed E-state index contributed by atoms with van der Waals surface area (Å²) in [5, 5.41) is 7.61. The molecule has 0 aliphatic heterocycles. The van der Waals surface area contributed by atoms with Gasteiger partial charge in [-0.05, 0) is 24.3 Å². The molecule has 0 aliphatic carbocycles. The van der Waals surface area contributed by atoms with Crippen molar-refractivity contribution in [3.05, 3.63) is 56.1 Å². The molecule has 0 amide bonds. The van der Waals surface area contributed by atoms with Crippen molar-refractivity contribution in [1.29, 1.82) is 0 Å². The van der Waals surface area contributed by atoms with Gasteiger partial charge in [0.25, 0.3) is 11.5 Å². The van der Waals surface area contributed by atoms with E-state index in [4.69, 9.17) is 11.6 Å². The Labute approximate surface area is 159 Å². The van der Waals surface area contributed by atoms with E-state index < -0.39 is 5.41 Å². The lowest BCUT2D eigenvalue weighted by atomic mass is 9.96. The zero-order chi connectivity index (χ0) is 18.9. The lowest BCUT2D eigenvalue weighted by molar-refractivity contribution is 0.0752. The maximum atomic E-state index is 12.8. The molecule has 0 radical (unpaired) electrons. The molecule has 6 nitrogen and oxygen atoms in total. The first-order valence-electron chi connectivity index (χ1n) is 8.07. The molecule has 8 heteroatoms. The average Bonchev–Trinajstić information content (AvgIpc) is 3.18. The molecule has 0 aliphatic rings. The topological polar surface area (TPSA) is 79.8 Å². The molecule has 0 aromatic carbocycles. The number of halogens is 1. The summed E-state index contributed by atoms with van der Waals surface area (Å²) in [7, 11) is 0. The molecule has 0 saturated carbocycles. The third kappa shape index (κ3) is 3.89. The smallest absolute Gasteiger partial charge is 0.257 e. The number of aromatic amines is 1. The van der Waals surface area contributed by atoms with Crippen LogP contribution in [0.2, 0.25) is 4.34 Å². The Kier molecular flexibility index (Phi) is 5.02. The third-order valence-electron chi connectivity index (χ3n) is 3.71. The first-order valence-corrected chi connectivity index (χ1v) is 9.26. The summed E-state index contributed by atoms with van der Waals surface area (Å²) in [6.45, 7) is 5.99. The van der Waals surface area contributed by atoms with E-state index in [0.29, 0.717) is 28.0 Å². The fraction of sp³-hybridized carbons (Fsp3) is 0.278. The second-order valence-electron chi connectivity index (χ2n) is 6.85. The second kappa shape index (κ2) is 7.09. The molecule has 0 fully saturated rings. The van der Waals surface area contributed by atoms with Crippen LogP contribution in [0.1, 0.15) is 30.4 Å². The number of aromatic nitrogens is 3. The monoisotopic (exact) mass is 390 g/mol. The standard InChI is InChI=1S/C18H19ClN4O2S/c1-18(2,3)17(25)23-15(21-10-11-6-7-14(19)26-11)9-13(22-23)12-5-4-8-20-16(12)24/h4-9,21H,10H2,1-3H3,(H,20,24). The van der Waals surface area contributed by atoms with Gasteiger partial charge in [-0.2, -0.15) is 9.78 Å². The molecule has 0 unspecified atom stereocenters. The Balaban J connectivity index is 1.99. The van der Waals surface area contributed by atoms with Crippen LogP contribution in [-0.4, -0.2) is 20.7 Å². The van der Waals surface area contributed by atoms with Gasteiger partial charge in [-0.1, -0.05) is 32.4 Å². The molecule has 0 spiro atoms. The van der Waals surface area contributed by atoms with E-state index >= 15 is 0 Å². The average molecular weight is 391 g/mol. The second-order valence-corrected chi connectivity index (χ2v) is 8.65. The number of H-pyrrole nitrogens is 1. The van der Waals surface area contributed by atoms with Crippen molar-refractivity contribution < 1.29 is 4.79 Å². The van der Waals surface area contributed by atoms with Gasteiger partial charge in [0, 0.05) is 22.6 Å². The minimum absolute atomic E-state index is 0.164. The van der Waals surface area contributed by atoms with Crippen molar-refractivity contribution in [2.45, 2.75) is 27.3 Å². The van der Waals surface area contributed by atoms with Crippen molar-refractivity contribution in [3.8, 4) is 11.3 Å². The number of thiophene rings is 1. The number of hydrogen-bond acceptors (Lipinski definition) is 5. The first-order chi connectivity index (χ1) is 12.3. The SMILES string of the molecule is CC(C)(C)C(=O)n1nc(-c2ccc[nH]c2=O)cc1NCc1ccc(Cl)s1. The molecular weight excluding hydrogens is 372 g/mol. The summed E-state index contributed by atoms with van der Waals surface area (Å²) >= 11 is 7.43. The maximum absolute atomic E-state index is 12.8. The number of anilines is 1. The highest BCUT2D eigenvalue weighted by Crippen LogP contribution is 2.26. The molecule has 3 aromatic rings. The molecule has 0 saturated heterocycles. The van der Waals surface area contributed by atoms with Gasteiger partial charge in [0.1, 0.15) is 11.5 Å². The fourth-order valence-electron chi connectivity index (χ4n) is 2.36. The minimum atomic E-state index is -0.616. The van der Waals surface area contributed by atoms with Crippen LogP contribution in [0, 0.1) is 5.41 Å². The van der Waals surface area contributed by atoms with E-state index in [2.05, 4.69) is 15.4 Å². The van der Waals surface area contributed by atoms with Crippen LogP contribution in [-0.2, 0) is 6.54 Å². The number of carbonyl (C=O) groups excluding carboxylic acids is 1. The number of pyridine rings is 1. The molecule has 26 heavy (non-hydrogen) atoms. The molecule has 136 valence electrons. The Morgan fingerprint density at radius 2 is 2.12 bits per heavy atom. The minimum Gasteiger partial charge on any atom is -0.365 e. The van der Waals surface area contributed by atoms with Crippen molar-refractivity contribution in [1.82, 2.24) is 14.8 Å². The van der Waals surface area contributed by atoms with E-state index in [0.717, 1.165) is 4.88 Å². The number of nitrogens with one attached hydrogen (secondary N) is 2. The maximum Gasteiger partial charge on any atom is 0.257 e. The highest BCUT2D eigenvalue weighted by Gasteiger charge is 2.27. The van der Waals surface area contributed by atoms with E-state index in [-0.39, 0.29) is 11.5 Å². The van der Waals surface area contributed by atoms with E-state index in [1.807, 2.05) is 32.9 Å². The molecule has 2 N–H and O–H groups in total. The van der Waals surface area contributed by atoms with Gasteiger partial charge in [-0.3, -0.25) is 9.59 Å². The van der Waals surface area contributed by atoms with Crippen molar-refractivity contribution in [2.75, 3.05) is 5.32 Å². The number of rotatable bonds is 4. The summed E-state index contributed by atoms with van der Waals surface area (Å²) in [5.74, 6) is 0.371. The van der Waals surface area contributed by atoms with E-state index in [1.54, 1.807) is 24.4 Å². The molecule has 3 aromatic heterocycles. The van der Waals surface area contributed by atoms with Gasteiger partial charge in [-0.25, -0.2) is 0 Å². The summed E-state index contributed by atoms with van der Waals surface area (Å²) < 4.78 is 2.04. The molecule has 0 atom stereocenters. The third-order valence-corrected chi connectivity index (χ3v) is 4.94. The summed E-state index contributed by atoms with van der Waals surface area (Å²) in [5.41, 5.74) is -0.0157. The van der Waals surface area contributed by atoms with Crippen molar-refractivity contribution in [2.24, 2.45) is 5.41 Å². The Hall–Kier alpha value is -2.38. The van der Waals surface area contributed by atoms with Crippen LogP contribution in [0.3, 0.4) is 0 Å². The van der Waals surface area contributed by atoms with Crippen LogP contribution >= 0.6 is 22.9 Å². The first kappa shape index (κ1) is 18.4. The van der Waals surface area contributed by atoms with Gasteiger partial charge in [0.15, 0.2) is 0 Å². The zero-order valence-corrected chi connectivity index (χ0v) is 16.2. The lowest BCUT2D eigenvalue weighted by Crippen LogP contribution is -2.28. The van der Waals surface area contributed by atoms with Gasteiger partial charge >= 0.3 is 0 Å². The summed E-state index contributed by atoms with van der Waals surface area (Å²) in [6.07, 6.45) is 1.56.